The van der Waals surface area contributed by atoms with Gasteiger partial charge in [0.05, 0.1) is 0 Å². The molecule has 1 saturated carbocycles. The second-order valence-electron chi connectivity index (χ2n) is 7.87. The fourth-order valence-electron chi connectivity index (χ4n) is 2.73. The lowest BCUT2D eigenvalue weighted by atomic mass is 9.93. The number of aromatic nitrogens is 2. The molecule has 3 rings (SSSR count). The quantitative estimate of drug-likeness (QED) is 0.768. The van der Waals surface area contributed by atoms with Crippen LogP contribution in [0.4, 0.5) is 8.78 Å². The van der Waals surface area contributed by atoms with E-state index in [2.05, 4.69) is 10.1 Å². The first-order valence-electron chi connectivity index (χ1n) is 8.42. The van der Waals surface area contributed by atoms with Gasteiger partial charge in [0.25, 0.3) is 5.92 Å². The summed E-state index contributed by atoms with van der Waals surface area (Å²) in [6.07, 6.45) is 5.64. The van der Waals surface area contributed by atoms with Gasteiger partial charge in [-0.15, -0.1) is 0 Å². The van der Waals surface area contributed by atoms with Gasteiger partial charge < -0.3 is 9.26 Å². The molecule has 2 aliphatic rings. The molecular formula is C18H24F2N2O2. The smallest absolute Gasteiger partial charge is 0.278 e. The fraction of sp³-hybridized carbons (Fsp3) is 0.667. The predicted molar refractivity (Wildman–Crippen MR) is 86.5 cm³/mol. The van der Waals surface area contributed by atoms with Crippen LogP contribution in [0.3, 0.4) is 0 Å². The molecule has 6 heteroatoms. The first kappa shape index (κ1) is 17.1. The topological polar surface area (TPSA) is 48.2 Å². The average molecular weight is 338 g/mol. The van der Waals surface area contributed by atoms with E-state index in [1.165, 1.54) is 0 Å². The molecule has 0 aromatic carbocycles. The first-order valence-corrected chi connectivity index (χ1v) is 8.42. The van der Waals surface area contributed by atoms with Gasteiger partial charge in [-0.3, -0.25) is 0 Å². The van der Waals surface area contributed by atoms with Crippen molar-refractivity contribution in [2.45, 2.75) is 64.7 Å². The number of ether oxygens (including phenoxy) is 1. The number of hydrogen-bond acceptors (Lipinski definition) is 4. The molecule has 1 aromatic heterocycles. The molecule has 1 fully saturated rings. The van der Waals surface area contributed by atoms with Crippen LogP contribution >= 0.6 is 0 Å². The molecule has 0 radical (unpaired) electrons. The molecule has 0 atom stereocenters. The molecule has 0 saturated heterocycles. The number of hydrogen-bond donors (Lipinski definition) is 0. The van der Waals surface area contributed by atoms with E-state index in [-0.39, 0.29) is 5.41 Å². The third-order valence-corrected chi connectivity index (χ3v) is 4.19. The normalized spacial score (nSPS) is 19.5. The summed E-state index contributed by atoms with van der Waals surface area (Å²) >= 11 is 0. The number of halogens is 2. The Bertz CT molecular complexity index is 674. The average Bonchev–Trinajstić information content (AvgIpc) is 3.18. The van der Waals surface area contributed by atoms with E-state index >= 15 is 0 Å². The van der Waals surface area contributed by atoms with Crippen molar-refractivity contribution in [2.24, 2.45) is 5.92 Å². The summed E-state index contributed by atoms with van der Waals surface area (Å²) in [6.45, 7) is 6.27. The molecule has 0 aliphatic heterocycles. The van der Waals surface area contributed by atoms with E-state index in [4.69, 9.17) is 9.26 Å². The minimum absolute atomic E-state index is 0.223. The minimum atomic E-state index is -2.85. The number of allylic oxidation sites excluding steroid dienone is 3. The van der Waals surface area contributed by atoms with Gasteiger partial charge in [0.2, 0.25) is 5.89 Å². The van der Waals surface area contributed by atoms with Crippen LogP contribution < -0.4 is 0 Å². The molecule has 0 bridgehead atoms. The highest BCUT2D eigenvalue weighted by molar-refractivity contribution is 5.65. The van der Waals surface area contributed by atoms with Crippen molar-refractivity contribution in [3.63, 3.8) is 0 Å². The summed E-state index contributed by atoms with van der Waals surface area (Å²) in [5.41, 5.74) is 1.81. The lowest BCUT2D eigenvalue weighted by molar-refractivity contribution is -0.0424. The number of rotatable bonds is 5. The summed E-state index contributed by atoms with van der Waals surface area (Å²) in [5, 5.41) is 4.05. The van der Waals surface area contributed by atoms with Crippen molar-refractivity contribution >= 4 is 5.57 Å². The van der Waals surface area contributed by atoms with Crippen molar-refractivity contribution < 1.29 is 18.0 Å². The SMILES string of the molecule is CC(F)(F)COC1=C(C2CC2)CCC(c2noc(C(C)(C)C)n2)=C1. The first-order chi connectivity index (χ1) is 11.1. The molecule has 1 heterocycles. The Morgan fingerprint density at radius 2 is 1.92 bits per heavy atom. The van der Waals surface area contributed by atoms with E-state index in [0.717, 1.165) is 43.8 Å². The highest BCUT2D eigenvalue weighted by Gasteiger charge is 2.33. The third-order valence-electron chi connectivity index (χ3n) is 4.19. The van der Waals surface area contributed by atoms with Gasteiger partial charge in [-0.05, 0) is 43.3 Å². The summed E-state index contributed by atoms with van der Waals surface area (Å²) in [6, 6.07) is 0. The third kappa shape index (κ3) is 4.02. The lowest BCUT2D eigenvalue weighted by Crippen LogP contribution is -2.19. The Morgan fingerprint density at radius 1 is 1.21 bits per heavy atom. The zero-order chi connectivity index (χ0) is 17.5. The lowest BCUT2D eigenvalue weighted by Gasteiger charge is -2.21. The zero-order valence-electron chi connectivity index (χ0n) is 14.7. The van der Waals surface area contributed by atoms with Gasteiger partial charge in [-0.2, -0.15) is 4.98 Å². The Balaban J connectivity index is 1.85. The maximum Gasteiger partial charge on any atom is 0.278 e. The van der Waals surface area contributed by atoms with Crippen molar-refractivity contribution in [2.75, 3.05) is 6.61 Å². The highest BCUT2D eigenvalue weighted by atomic mass is 19.3. The second-order valence-corrected chi connectivity index (χ2v) is 7.87. The van der Waals surface area contributed by atoms with Gasteiger partial charge in [-0.25, -0.2) is 8.78 Å². The summed E-state index contributed by atoms with van der Waals surface area (Å²) in [4.78, 5) is 4.46. The van der Waals surface area contributed by atoms with Crippen molar-refractivity contribution in [1.82, 2.24) is 10.1 Å². The predicted octanol–water partition coefficient (Wildman–Crippen LogP) is 4.88. The maximum atomic E-state index is 13.2. The highest BCUT2D eigenvalue weighted by Crippen LogP contribution is 2.44. The van der Waals surface area contributed by atoms with Crippen LogP contribution in [0.1, 0.15) is 65.1 Å². The largest absolute Gasteiger partial charge is 0.487 e. The second kappa shape index (κ2) is 5.97. The van der Waals surface area contributed by atoms with Crippen LogP contribution in [0.2, 0.25) is 0 Å². The molecular weight excluding hydrogens is 314 g/mol. The molecule has 0 N–H and O–H groups in total. The molecule has 24 heavy (non-hydrogen) atoms. The summed E-state index contributed by atoms with van der Waals surface area (Å²) in [5.74, 6) is -0.698. The van der Waals surface area contributed by atoms with Gasteiger partial charge in [0.15, 0.2) is 12.4 Å². The Labute approximate surface area is 141 Å². The Hall–Kier alpha value is -1.72. The van der Waals surface area contributed by atoms with E-state index in [1.807, 2.05) is 26.8 Å². The van der Waals surface area contributed by atoms with Crippen LogP contribution in [0.15, 0.2) is 21.9 Å². The molecule has 132 valence electrons. The van der Waals surface area contributed by atoms with Crippen LogP contribution in [-0.4, -0.2) is 22.7 Å². The van der Waals surface area contributed by atoms with Crippen LogP contribution in [-0.2, 0) is 10.2 Å². The molecule has 0 spiro atoms. The molecule has 0 amide bonds. The summed E-state index contributed by atoms with van der Waals surface area (Å²) < 4.78 is 37.1. The number of alkyl halides is 2. The van der Waals surface area contributed by atoms with Gasteiger partial charge in [-0.1, -0.05) is 25.9 Å². The van der Waals surface area contributed by atoms with Gasteiger partial charge >= 0.3 is 0 Å². The standard InChI is InChI=1S/C18H24F2N2O2/c1-17(2,3)16-21-15(22-24-16)12-7-8-13(11-5-6-11)14(9-12)23-10-18(4,19)20/h9,11H,5-8,10H2,1-4H3. The van der Waals surface area contributed by atoms with Crippen molar-refractivity contribution in [3.05, 3.63) is 29.1 Å². The molecule has 1 aromatic rings. The Morgan fingerprint density at radius 3 is 2.46 bits per heavy atom. The fourth-order valence-corrected chi connectivity index (χ4v) is 2.73. The Kier molecular flexibility index (Phi) is 4.26. The van der Waals surface area contributed by atoms with Crippen LogP contribution in [0.25, 0.3) is 5.57 Å². The summed E-state index contributed by atoms with van der Waals surface area (Å²) in [7, 11) is 0. The van der Waals surface area contributed by atoms with E-state index < -0.39 is 12.5 Å². The molecule has 2 aliphatic carbocycles. The van der Waals surface area contributed by atoms with E-state index in [0.29, 0.717) is 23.4 Å². The van der Waals surface area contributed by atoms with Crippen molar-refractivity contribution in [3.8, 4) is 0 Å². The van der Waals surface area contributed by atoms with Crippen molar-refractivity contribution in [1.29, 1.82) is 0 Å². The van der Waals surface area contributed by atoms with Gasteiger partial charge in [0.1, 0.15) is 5.76 Å². The zero-order valence-corrected chi connectivity index (χ0v) is 14.7. The van der Waals surface area contributed by atoms with E-state index in [1.54, 1.807) is 0 Å². The molecule has 0 unspecified atom stereocenters. The maximum absolute atomic E-state index is 13.2. The molecule has 4 nitrogen and oxygen atoms in total. The number of nitrogens with zero attached hydrogens (tertiary/aromatic N) is 2. The van der Waals surface area contributed by atoms with Gasteiger partial charge in [0, 0.05) is 17.9 Å². The minimum Gasteiger partial charge on any atom is -0.487 e. The van der Waals surface area contributed by atoms with Crippen LogP contribution in [0.5, 0.6) is 0 Å². The van der Waals surface area contributed by atoms with E-state index in [9.17, 15) is 8.78 Å². The van der Waals surface area contributed by atoms with Crippen LogP contribution in [0, 0.1) is 5.92 Å². The monoisotopic (exact) mass is 338 g/mol.